The molecule has 0 unspecified atom stereocenters. The van der Waals surface area contributed by atoms with E-state index in [9.17, 15) is 10.1 Å². The van der Waals surface area contributed by atoms with E-state index in [1.165, 1.54) is 25.3 Å². The summed E-state index contributed by atoms with van der Waals surface area (Å²) in [6.45, 7) is 0.501. The molecule has 1 aliphatic rings. The molecular formula is C14H17BrClNO3. The van der Waals surface area contributed by atoms with E-state index in [4.69, 9.17) is 16.3 Å². The Morgan fingerprint density at radius 3 is 2.65 bits per heavy atom. The molecule has 1 aromatic rings. The van der Waals surface area contributed by atoms with Crippen LogP contribution in [0.5, 0.6) is 5.75 Å². The Bertz CT molecular complexity index is 489. The maximum atomic E-state index is 11.0. The van der Waals surface area contributed by atoms with Crippen LogP contribution in [0.4, 0.5) is 5.69 Å². The molecule has 0 spiro atoms. The van der Waals surface area contributed by atoms with Gasteiger partial charge in [-0.3, -0.25) is 10.1 Å². The maximum Gasteiger partial charge on any atom is 0.312 e. The second kappa shape index (κ2) is 6.76. The minimum Gasteiger partial charge on any atom is -0.486 e. The van der Waals surface area contributed by atoms with Crippen LogP contribution >= 0.6 is 27.5 Å². The van der Waals surface area contributed by atoms with E-state index in [1.54, 1.807) is 12.1 Å². The Hall–Kier alpha value is -0.810. The second-order valence-corrected chi connectivity index (χ2v) is 6.35. The van der Waals surface area contributed by atoms with E-state index in [2.05, 4.69) is 15.9 Å². The van der Waals surface area contributed by atoms with Crippen LogP contribution < -0.4 is 4.74 Å². The number of alkyl halides is 1. The van der Waals surface area contributed by atoms with Crippen molar-refractivity contribution in [3.05, 3.63) is 33.3 Å². The number of rotatable bonds is 5. The molecule has 6 heteroatoms. The highest BCUT2D eigenvalue weighted by Gasteiger charge is 2.32. The van der Waals surface area contributed by atoms with Crippen LogP contribution in [-0.2, 0) is 0 Å². The van der Waals surface area contributed by atoms with Crippen LogP contribution in [0.2, 0.25) is 5.02 Å². The summed E-state index contributed by atoms with van der Waals surface area (Å²) in [6, 6.07) is 4.52. The van der Waals surface area contributed by atoms with Crippen LogP contribution in [0.3, 0.4) is 0 Å². The third-order valence-corrected chi connectivity index (χ3v) is 5.27. The number of ether oxygens (including phenoxy) is 1. The highest BCUT2D eigenvalue weighted by molar-refractivity contribution is 9.09. The average molecular weight is 363 g/mol. The van der Waals surface area contributed by atoms with E-state index >= 15 is 0 Å². The van der Waals surface area contributed by atoms with Crippen molar-refractivity contribution in [2.24, 2.45) is 5.41 Å². The Kier molecular flexibility index (Phi) is 5.27. The third kappa shape index (κ3) is 3.64. The second-order valence-electron chi connectivity index (χ2n) is 5.35. The predicted molar refractivity (Wildman–Crippen MR) is 82.9 cm³/mol. The minimum absolute atomic E-state index is 0.0713. The normalized spacial score (nSPS) is 17.7. The number of benzene rings is 1. The first-order valence-corrected chi connectivity index (χ1v) is 8.19. The summed E-state index contributed by atoms with van der Waals surface area (Å²) in [7, 11) is 0. The van der Waals surface area contributed by atoms with Crippen LogP contribution in [0.15, 0.2) is 18.2 Å². The first kappa shape index (κ1) is 15.6. The SMILES string of the molecule is O=[N+]([O-])c1cc(Cl)ccc1OCC1(CBr)CCCCC1. The predicted octanol–water partition coefficient (Wildman–Crippen LogP) is 4.97. The molecule has 1 fully saturated rings. The van der Waals surface area contributed by atoms with Gasteiger partial charge in [-0.1, -0.05) is 46.8 Å². The van der Waals surface area contributed by atoms with Gasteiger partial charge in [-0.2, -0.15) is 0 Å². The van der Waals surface area contributed by atoms with Crippen molar-refractivity contribution >= 4 is 33.2 Å². The van der Waals surface area contributed by atoms with Crippen molar-refractivity contribution in [1.29, 1.82) is 0 Å². The number of halogens is 2. The van der Waals surface area contributed by atoms with Gasteiger partial charge in [0.2, 0.25) is 0 Å². The van der Waals surface area contributed by atoms with Gasteiger partial charge in [0.1, 0.15) is 0 Å². The molecule has 0 aromatic heterocycles. The van der Waals surface area contributed by atoms with Gasteiger partial charge in [-0.05, 0) is 25.0 Å². The van der Waals surface area contributed by atoms with E-state index in [0.717, 1.165) is 18.2 Å². The molecule has 0 radical (unpaired) electrons. The summed E-state index contributed by atoms with van der Waals surface area (Å²) in [5, 5.41) is 12.2. The van der Waals surface area contributed by atoms with E-state index in [0.29, 0.717) is 17.4 Å². The fraction of sp³-hybridized carbons (Fsp3) is 0.571. The quantitative estimate of drug-likeness (QED) is 0.422. The maximum absolute atomic E-state index is 11.0. The van der Waals surface area contributed by atoms with Crippen molar-refractivity contribution in [2.45, 2.75) is 32.1 Å². The molecule has 0 aliphatic heterocycles. The Labute approximate surface area is 131 Å². The third-order valence-electron chi connectivity index (χ3n) is 3.85. The average Bonchev–Trinajstić information content (AvgIpc) is 2.47. The fourth-order valence-electron chi connectivity index (χ4n) is 2.60. The van der Waals surface area contributed by atoms with Gasteiger partial charge in [0, 0.05) is 21.8 Å². The zero-order chi connectivity index (χ0) is 14.6. The molecule has 0 N–H and O–H groups in total. The van der Waals surface area contributed by atoms with Gasteiger partial charge in [0.05, 0.1) is 11.5 Å². The fourth-order valence-corrected chi connectivity index (χ4v) is 3.49. The lowest BCUT2D eigenvalue weighted by Crippen LogP contribution is -2.32. The summed E-state index contributed by atoms with van der Waals surface area (Å²) >= 11 is 9.36. The van der Waals surface area contributed by atoms with Crippen LogP contribution in [0.1, 0.15) is 32.1 Å². The summed E-state index contributed by atoms with van der Waals surface area (Å²) in [6.07, 6.45) is 5.84. The number of hydrogen-bond acceptors (Lipinski definition) is 3. The van der Waals surface area contributed by atoms with Gasteiger partial charge in [0.25, 0.3) is 0 Å². The van der Waals surface area contributed by atoms with E-state index in [-0.39, 0.29) is 11.1 Å². The molecule has 0 atom stereocenters. The number of hydrogen-bond donors (Lipinski definition) is 0. The minimum atomic E-state index is -0.455. The van der Waals surface area contributed by atoms with Gasteiger partial charge in [-0.15, -0.1) is 0 Å². The molecule has 1 saturated carbocycles. The van der Waals surface area contributed by atoms with Crippen molar-refractivity contribution < 1.29 is 9.66 Å². The number of nitro benzene ring substituents is 1. The van der Waals surface area contributed by atoms with Crippen molar-refractivity contribution in [3.63, 3.8) is 0 Å². The highest BCUT2D eigenvalue weighted by atomic mass is 79.9. The van der Waals surface area contributed by atoms with Crippen molar-refractivity contribution in [3.8, 4) is 5.75 Å². The monoisotopic (exact) mass is 361 g/mol. The molecule has 1 aliphatic carbocycles. The molecule has 1 aromatic carbocycles. The number of nitro groups is 1. The summed E-state index contributed by atoms with van der Waals surface area (Å²) < 4.78 is 5.76. The molecular weight excluding hydrogens is 346 g/mol. The molecule has 0 saturated heterocycles. The molecule has 0 bridgehead atoms. The highest BCUT2D eigenvalue weighted by Crippen LogP contribution is 2.39. The zero-order valence-corrected chi connectivity index (χ0v) is 13.5. The molecule has 20 heavy (non-hydrogen) atoms. The van der Waals surface area contributed by atoms with Gasteiger partial charge in [0.15, 0.2) is 5.75 Å². The van der Waals surface area contributed by atoms with Gasteiger partial charge < -0.3 is 4.74 Å². The summed E-state index contributed by atoms with van der Waals surface area (Å²) in [5.74, 6) is 0.297. The zero-order valence-electron chi connectivity index (χ0n) is 11.1. The Balaban J connectivity index is 2.11. The smallest absolute Gasteiger partial charge is 0.312 e. The first-order valence-electron chi connectivity index (χ1n) is 6.69. The van der Waals surface area contributed by atoms with E-state index in [1.807, 2.05) is 0 Å². The van der Waals surface area contributed by atoms with E-state index < -0.39 is 4.92 Å². The van der Waals surface area contributed by atoms with Crippen LogP contribution in [0, 0.1) is 15.5 Å². The standard InChI is InChI=1S/C14H17BrClNO3/c15-9-14(6-2-1-3-7-14)10-20-13-5-4-11(16)8-12(13)17(18)19/h4-5,8H,1-3,6-7,9-10H2. The van der Waals surface area contributed by atoms with Crippen molar-refractivity contribution in [1.82, 2.24) is 0 Å². The lowest BCUT2D eigenvalue weighted by atomic mass is 9.76. The van der Waals surface area contributed by atoms with Gasteiger partial charge in [-0.25, -0.2) is 0 Å². The lowest BCUT2D eigenvalue weighted by Gasteiger charge is -2.35. The lowest BCUT2D eigenvalue weighted by molar-refractivity contribution is -0.386. The summed E-state index contributed by atoms with van der Waals surface area (Å²) in [5.41, 5.74) is 0.0178. The van der Waals surface area contributed by atoms with Gasteiger partial charge >= 0.3 is 5.69 Å². The first-order chi connectivity index (χ1) is 9.56. The Morgan fingerprint density at radius 1 is 1.35 bits per heavy atom. The summed E-state index contributed by atoms with van der Waals surface area (Å²) in [4.78, 5) is 10.6. The molecule has 0 heterocycles. The van der Waals surface area contributed by atoms with Crippen LogP contribution in [-0.4, -0.2) is 16.9 Å². The molecule has 0 amide bonds. The number of nitrogens with zero attached hydrogens (tertiary/aromatic N) is 1. The van der Waals surface area contributed by atoms with Crippen molar-refractivity contribution in [2.75, 3.05) is 11.9 Å². The largest absolute Gasteiger partial charge is 0.486 e. The topological polar surface area (TPSA) is 52.4 Å². The Morgan fingerprint density at radius 2 is 2.05 bits per heavy atom. The molecule has 4 nitrogen and oxygen atoms in total. The van der Waals surface area contributed by atoms with Crippen LogP contribution in [0.25, 0.3) is 0 Å². The molecule has 2 rings (SSSR count). The molecule has 110 valence electrons.